The van der Waals surface area contributed by atoms with Crippen molar-refractivity contribution in [3.63, 3.8) is 0 Å². The van der Waals surface area contributed by atoms with E-state index < -0.39 is 0 Å². The zero-order valence-corrected chi connectivity index (χ0v) is 18.3. The number of nitrogens with zero attached hydrogens (tertiary/aromatic N) is 4. The van der Waals surface area contributed by atoms with Crippen molar-refractivity contribution >= 4 is 17.4 Å². The average molecular weight is 431 g/mol. The molecule has 1 saturated heterocycles. The zero-order valence-electron chi connectivity index (χ0n) is 18.3. The highest BCUT2D eigenvalue weighted by Crippen LogP contribution is 2.32. The lowest BCUT2D eigenvalue weighted by atomic mass is 9.92. The molecular formula is C26H27FN4O. The van der Waals surface area contributed by atoms with E-state index in [2.05, 4.69) is 40.2 Å². The lowest BCUT2D eigenvalue weighted by molar-refractivity contribution is -0.123. The molecule has 0 bridgehead atoms. The van der Waals surface area contributed by atoms with E-state index in [9.17, 15) is 9.18 Å². The van der Waals surface area contributed by atoms with Crippen molar-refractivity contribution in [2.45, 2.75) is 32.6 Å². The molecule has 2 aliphatic rings. The van der Waals surface area contributed by atoms with Gasteiger partial charge in [0.1, 0.15) is 5.82 Å². The summed E-state index contributed by atoms with van der Waals surface area (Å²) in [6, 6.07) is 16.5. The van der Waals surface area contributed by atoms with Crippen LogP contribution in [0.2, 0.25) is 0 Å². The van der Waals surface area contributed by atoms with Crippen LogP contribution in [0.1, 0.15) is 30.4 Å². The van der Waals surface area contributed by atoms with Gasteiger partial charge < -0.3 is 9.80 Å². The van der Waals surface area contributed by atoms with Crippen LogP contribution < -0.4 is 9.80 Å². The Kier molecular flexibility index (Phi) is 5.60. The van der Waals surface area contributed by atoms with Gasteiger partial charge in [0.15, 0.2) is 5.82 Å². The largest absolute Gasteiger partial charge is 0.355 e. The predicted octanol–water partition coefficient (Wildman–Crippen LogP) is 4.79. The van der Waals surface area contributed by atoms with Crippen LogP contribution in [0.25, 0.3) is 11.3 Å². The Morgan fingerprint density at radius 3 is 2.47 bits per heavy atom. The minimum Gasteiger partial charge on any atom is -0.355 e. The maximum atomic E-state index is 13.3. The topological polar surface area (TPSA) is 49.3 Å². The third kappa shape index (κ3) is 4.09. The molecule has 0 atom stereocenters. The number of halogens is 1. The molecule has 5 rings (SSSR count). The first-order valence-corrected chi connectivity index (χ1v) is 11.3. The SMILES string of the molecule is Cc1ccc2c(c1)CCCN2C(=O)C1CCN(c2ccc(-c3ccc(F)cc3)nn2)CC1. The van der Waals surface area contributed by atoms with E-state index in [0.29, 0.717) is 0 Å². The molecule has 1 aromatic heterocycles. The fourth-order valence-corrected chi connectivity index (χ4v) is 4.80. The van der Waals surface area contributed by atoms with Crippen LogP contribution in [0.4, 0.5) is 15.9 Å². The summed E-state index contributed by atoms with van der Waals surface area (Å²) < 4.78 is 13.1. The first-order valence-electron chi connectivity index (χ1n) is 11.3. The number of aryl methyl sites for hydroxylation is 2. The van der Waals surface area contributed by atoms with Gasteiger partial charge >= 0.3 is 0 Å². The maximum absolute atomic E-state index is 13.3. The number of benzene rings is 2. The van der Waals surface area contributed by atoms with Crippen LogP contribution in [0.5, 0.6) is 0 Å². The summed E-state index contributed by atoms with van der Waals surface area (Å²) in [6.07, 6.45) is 3.71. The van der Waals surface area contributed by atoms with Gasteiger partial charge in [0, 0.05) is 36.8 Å². The fraction of sp³-hybridized carbons (Fsp3) is 0.346. The average Bonchev–Trinajstić information content (AvgIpc) is 2.84. The monoisotopic (exact) mass is 430 g/mol. The predicted molar refractivity (Wildman–Crippen MR) is 124 cm³/mol. The van der Waals surface area contributed by atoms with Crippen LogP contribution in [-0.2, 0) is 11.2 Å². The van der Waals surface area contributed by atoms with E-state index >= 15 is 0 Å². The Morgan fingerprint density at radius 1 is 0.969 bits per heavy atom. The standard InChI is InChI=1S/C26H27FN4O/c1-18-4-10-24-21(17-18)3-2-14-31(24)26(32)20-12-15-30(16-13-20)25-11-9-23(28-29-25)19-5-7-22(27)8-6-19/h4-11,17,20H,2-3,12-16H2,1H3. The van der Waals surface area contributed by atoms with Crippen LogP contribution in [0, 0.1) is 18.7 Å². The lowest BCUT2D eigenvalue weighted by Gasteiger charge is -2.36. The number of anilines is 2. The summed E-state index contributed by atoms with van der Waals surface area (Å²) in [6.45, 7) is 4.49. The Balaban J connectivity index is 1.23. The summed E-state index contributed by atoms with van der Waals surface area (Å²) in [4.78, 5) is 17.5. The van der Waals surface area contributed by atoms with Crippen LogP contribution >= 0.6 is 0 Å². The van der Waals surface area contributed by atoms with Gasteiger partial charge in [-0.15, -0.1) is 10.2 Å². The van der Waals surface area contributed by atoms with Crippen molar-refractivity contribution in [3.8, 4) is 11.3 Å². The zero-order chi connectivity index (χ0) is 22.1. The van der Waals surface area contributed by atoms with Crippen molar-refractivity contribution in [2.75, 3.05) is 29.4 Å². The Hall–Kier alpha value is -3.28. The van der Waals surface area contributed by atoms with Crippen molar-refractivity contribution in [2.24, 2.45) is 5.92 Å². The van der Waals surface area contributed by atoms with E-state index in [1.165, 1.54) is 23.3 Å². The highest BCUT2D eigenvalue weighted by molar-refractivity contribution is 5.96. The van der Waals surface area contributed by atoms with E-state index in [4.69, 9.17) is 0 Å². The molecule has 0 N–H and O–H groups in total. The number of carbonyl (C=O) groups is 1. The molecule has 0 saturated carbocycles. The number of carbonyl (C=O) groups excluding carboxylic acids is 1. The number of piperidine rings is 1. The van der Waals surface area contributed by atoms with Gasteiger partial charge in [0.25, 0.3) is 0 Å². The normalized spacial score (nSPS) is 16.7. The van der Waals surface area contributed by atoms with Crippen LogP contribution in [0.15, 0.2) is 54.6 Å². The van der Waals surface area contributed by atoms with E-state index in [1.54, 1.807) is 12.1 Å². The van der Waals surface area contributed by atoms with Crippen LogP contribution in [-0.4, -0.2) is 35.7 Å². The van der Waals surface area contributed by atoms with E-state index in [1.807, 2.05) is 17.0 Å². The molecule has 6 heteroatoms. The fourth-order valence-electron chi connectivity index (χ4n) is 4.80. The Labute approximate surface area is 187 Å². The van der Waals surface area contributed by atoms with Gasteiger partial charge in [-0.25, -0.2) is 4.39 Å². The van der Waals surface area contributed by atoms with Crippen molar-refractivity contribution in [1.29, 1.82) is 0 Å². The molecule has 32 heavy (non-hydrogen) atoms. The summed E-state index contributed by atoms with van der Waals surface area (Å²) in [5, 5.41) is 8.71. The molecular weight excluding hydrogens is 403 g/mol. The number of rotatable bonds is 3. The lowest BCUT2D eigenvalue weighted by Crippen LogP contribution is -2.44. The van der Waals surface area contributed by atoms with Gasteiger partial charge in [-0.2, -0.15) is 0 Å². The minimum atomic E-state index is -0.265. The van der Waals surface area contributed by atoms with Crippen molar-refractivity contribution in [1.82, 2.24) is 10.2 Å². The molecule has 1 fully saturated rings. The Morgan fingerprint density at radius 2 is 1.75 bits per heavy atom. The molecule has 0 unspecified atom stereocenters. The number of aromatic nitrogens is 2. The van der Waals surface area contributed by atoms with Gasteiger partial charge in [-0.3, -0.25) is 4.79 Å². The smallest absolute Gasteiger partial charge is 0.230 e. The molecule has 2 aromatic carbocycles. The first-order chi connectivity index (χ1) is 15.6. The summed E-state index contributed by atoms with van der Waals surface area (Å²) in [5.41, 5.74) is 5.19. The van der Waals surface area contributed by atoms with Crippen LogP contribution in [0.3, 0.4) is 0 Å². The molecule has 1 amide bonds. The summed E-state index contributed by atoms with van der Waals surface area (Å²) >= 11 is 0. The van der Waals surface area contributed by atoms with E-state index in [-0.39, 0.29) is 17.6 Å². The summed E-state index contributed by atoms with van der Waals surface area (Å²) in [5.74, 6) is 0.858. The molecule has 2 aliphatic heterocycles. The molecule has 0 radical (unpaired) electrons. The number of hydrogen-bond acceptors (Lipinski definition) is 4. The highest BCUT2D eigenvalue weighted by Gasteiger charge is 2.31. The second-order valence-corrected chi connectivity index (χ2v) is 8.77. The summed E-state index contributed by atoms with van der Waals surface area (Å²) in [7, 11) is 0. The third-order valence-corrected chi connectivity index (χ3v) is 6.58. The van der Waals surface area contributed by atoms with Gasteiger partial charge in [-0.1, -0.05) is 17.7 Å². The molecule has 0 spiro atoms. The molecule has 3 heterocycles. The second-order valence-electron chi connectivity index (χ2n) is 8.77. The molecule has 164 valence electrons. The Bertz CT molecular complexity index is 1110. The van der Waals surface area contributed by atoms with Gasteiger partial charge in [0.05, 0.1) is 5.69 Å². The van der Waals surface area contributed by atoms with Crippen molar-refractivity contribution < 1.29 is 9.18 Å². The quantitative estimate of drug-likeness (QED) is 0.600. The molecule has 5 nitrogen and oxygen atoms in total. The number of hydrogen-bond donors (Lipinski definition) is 0. The van der Waals surface area contributed by atoms with Gasteiger partial charge in [-0.05, 0) is 80.6 Å². The van der Waals surface area contributed by atoms with Crippen molar-refractivity contribution in [3.05, 3.63) is 71.5 Å². The molecule has 0 aliphatic carbocycles. The maximum Gasteiger partial charge on any atom is 0.230 e. The van der Waals surface area contributed by atoms with Gasteiger partial charge in [0.2, 0.25) is 5.91 Å². The first kappa shape index (κ1) is 20.6. The minimum absolute atomic E-state index is 0.0463. The second kappa shape index (κ2) is 8.69. The highest BCUT2D eigenvalue weighted by atomic mass is 19.1. The van der Waals surface area contributed by atoms with E-state index in [0.717, 1.165) is 68.1 Å². The number of fused-ring (bicyclic) bond motifs is 1. The third-order valence-electron chi connectivity index (χ3n) is 6.58. The number of amides is 1. The molecule has 3 aromatic rings.